The van der Waals surface area contributed by atoms with Crippen LogP contribution in [0.3, 0.4) is 0 Å². The standard InChI is InChI=1S/C15H14FNO3/c1-19-13-7-6-10(8-14(13)20-2)15(18)17-12-5-3-4-11(16)9-12/h3-9H,1-2H3,(H,17,18). The molecule has 0 bridgehead atoms. The maximum Gasteiger partial charge on any atom is 0.255 e. The van der Waals surface area contributed by atoms with Crippen LogP contribution in [0.4, 0.5) is 10.1 Å². The Morgan fingerprint density at radius 2 is 1.80 bits per heavy atom. The molecule has 2 aromatic rings. The van der Waals surface area contributed by atoms with Gasteiger partial charge < -0.3 is 14.8 Å². The van der Waals surface area contributed by atoms with Crippen molar-refractivity contribution in [3.8, 4) is 11.5 Å². The van der Waals surface area contributed by atoms with E-state index in [1.54, 1.807) is 24.3 Å². The van der Waals surface area contributed by atoms with Crippen LogP contribution in [0.1, 0.15) is 10.4 Å². The molecule has 5 heteroatoms. The average Bonchev–Trinajstić information content (AvgIpc) is 2.46. The summed E-state index contributed by atoms with van der Waals surface area (Å²) in [7, 11) is 3.01. The second kappa shape index (κ2) is 6.06. The molecule has 0 heterocycles. The average molecular weight is 275 g/mol. The van der Waals surface area contributed by atoms with E-state index in [1.165, 1.54) is 32.4 Å². The van der Waals surface area contributed by atoms with E-state index in [4.69, 9.17) is 9.47 Å². The van der Waals surface area contributed by atoms with Gasteiger partial charge in [0.05, 0.1) is 14.2 Å². The Balaban J connectivity index is 2.21. The van der Waals surface area contributed by atoms with Crippen molar-refractivity contribution in [2.75, 3.05) is 19.5 Å². The molecular formula is C15H14FNO3. The predicted molar refractivity (Wildman–Crippen MR) is 73.9 cm³/mol. The Bertz CT molecular complexity index is 628. The number of hydrogen-bond donors (Lipinski definition) is 1. The lowest BCUT2D eigenvalue weighted by molar-refractivity contribution is 0.102. The molecule has 0 atom stereocenters. The van der Waals surface area contributed by atoms with Crippen molar-refractivity contribution in [1.82, 2.24) is 0 Å². The molecule has 0 aromatic heterocycles. The van der Waals surface area contributed by atoms with E-state index in [0.717, 1.165) is 0 Å². The lowest BCUT2D eigenvalue weighted by Gasteiger charge is -2.10. The van der Waals surface area contributed by atoms with Gasteiger partial charge in [-0.3, -0.25) is 4.79 Å². The minimum absolute atomic E-state index is 0.350. The van der Waals surface area contributed by atoms with Gasteiger partial charge in [0.15, 0.2) is 11.5 Å². The molecule has 104 valence electrons. The lowest BCUT2D eigenvalue weighted by Crippen LogP contribution is -2.12. The van der Waals surface area contributed by atoms with Crippen molar-refractivity contribution in [1.29, 1.82) is 0 Å². The molecule has 1 N–H and O–H groups in total. The Morgan fingerprint density at radius 3 is 2.45 bits per heavy atom. The van der Waals surface area contributed by atoms with Gasteiger partial charge in [-0.05, 0) is 36.4 Å². The molecule has 0 aliphatic heterocycles. The van der Waals surface area contributed by atoms with E-state index < -0.39 is 5.82 Å². The van der Waals surface area contributed by atoms with E-state index in [-0.39, 0.29) is 5.91 Å². The van der Waals surface area contributed by atoms with Gasteiger partial charge in [0, 0.05) is 11.3 Å². The molecule has 0 saturated carbocycles. The maximum atomic E-state index is 13.0. The molecule has 0 unspecified atom stereocenters. The van der Waals surface area contributed by atoms with Gasteiger partial charge in [-0.1, -0.05) is 6.07 Å². The third-order valence-corrected chi connectivity index (χ3v) is 2.73. The second-order valence-corrected chi connectivity index (χ2v) is 4.03. The molecule has 0 fully saturated rings. The van der Waals surface area contributed by atoms with Crippen LogP contribution in [0.25, 0.3) is 0 Å². The molecule has 0 radical (unpaired) electrons. The summed E-state index contributed by atoms with van der Waals surface area (Å²) >= 11 is 0. The first kappa shape index (κ1) is 13.9. The third kappa shape index (κ3) is 3.06. The summed E-state index contributed by atoms with van der Waals surface area (Å²) in [6.45, 7) is 0. The Kier molecular flexibility index (Phi) is 4.20. The lowest BCUT2D eigenvalue weighted by atomic mass is 10.2. The fraction of sp³-hybridized carbons (Fsp3) is 0.133. The van der Waals surface area contributed by atoms with Gasteiger partial charge in [0.25, 0.3) is 5.91 Å². The molecule has 2 rings (SSSR count). The van der Waals surface area contributed by atoms with Gasteiger partial charge in [0.1, 0.15) is 5.82 Å². The molecule has 0 aliphatic rings. The quantitative estimate of drug-likeness (QED) is 0.932. The highest BCUT2D eigenvalue weighted by Crippen LogP contribution is 2.27. The SMILES string of the molecule is COc1ccc(C(=O)Nc2cccc(F)c2)cc1OC. The normalized spacial score (nSPS) is 9.95. The number of anilines is 1. The Morgan fingerprint density at radius 1 is 1.05 bits per heavy atom. The van der Waals surface area contributed by atoms with Crippen molar-refractivity contribution < 1.29 is 18.7 Å². The summed E-state index contributed by atoms with van der Waals surface area (Å²) in [5.41, 5.74) is 0.789. The molecule has 0 aliphatic carbocycles. The highest BCUT2D eigenvalue weighted by atomic mass is 19.1. The predicted octanol–water partition coefficient (Wildman–Crippen LogP) is 3.10. The number of benzene rings is 2. The van der Waals surface area contributed by atoms with E-state index in [9.17, 15) is 9.18 Å². The molecule has 4 nitrogen and oxygen atoms in total. The summed E-state index contributed by atoms with van der Waals surface area (Å²) in [6.07, 6.45) is 0. The van der Waals surface area contributed by atoms with Crippen molar-refractivity contribution in [3.63, 3.8) is 0 Å². The van der Waals surface area contributed by atoms with Gasteiger partial charge in [-0.15, -0.1) is 0 Å². The van der Waals surface area contributed by atoms with Crippen LogP contribution in [0.5, 0.6) is 11.5 Å². The van der Waals surface area contributed by atoms with Crippen molar-refractivity contribution in [2.45, 2.75) is 0 Å². The maximum absolute atomic E-state index is 13.0. The zero-order valence-electron chi connectivity index (χ0n) is 11.1. The zero-order valence-corrected chi connectivity index (χ0v) is 11.1. The van der Waals surface area contributed by atoms with Crippen LogP contribution in [-0.4, -0.2) is 20.1 Å². The zero-order chi connectivity index (χ0) is 14.5. The Labute approximate surface area is 116 Å². The molecule has 2 aromatic carbocycles. The highest BCUT2D eigenvalue weighted by Gasteiger charge is 2.11. The van der Waals surface area contributed by atoms with Gasteiger partial charge in [0.2, 0.25) is 0 Å². The first-order valence-electron chi connectivity index (χ1n) is 5.93. The number of hydrogen-bond acceptors (Lipinski definition) is 3. The number of nitrogens with one attached hydrogen (secondary N) is 1. The van der Waals surface area contributed by atoms with Crippen molar-refractivity contribution in [2.24, 2.45) is 0 Å². The number of halogens is 1. The van der Waals surface area contributed by atoms with E-state index in [1.807, 2.05) is 0 Å². The number of carbonyl (C=O) groups is 1. The second-order valence-electron chi connectivity index (χ2n) is 4.03. The first-order chi connectivity index (χ1) is 9.63. The first-order valence-corrected chi connectivity index (χ1v) is 5.93. The number of carbonyl (C=O) groups excluding carboxylic acids is 1. The summed E-state index contributed by atoms with van der Waals surface area (Å²) in [6, 6.07) is 10.5. The van der Waals surface area contributed by atoms with Crippen LogP contribution in [-0.2, 0) is 0 Å². The van der Waals surface area contributed by atoms with Gasteiger partial charge in [-0.25, -0.2) is 4.39 Å². The van der Waals surface area contributed by atoms with Crippen molar-refractivity contribution in [3.05, 3.63) is 53.8 Å². The molecule has 1 amide bonds. The van der Waals surface area contributed by atoms with Crippen molar-refractivity contribution >= 4 is 11.6 Å². The monoisotopic (exact) mass is 275 g/mol. The van der Waals surface area contributed by atoms with Crippen LogP contribution >= 0.6 is 0 Å². The fourth-order valence-electron chi connectivity index (χ4n) is 1.75. The van der Waals surface area contributed by atoms with E-state index in [0.29, 0.717) is 22.7 Å². The van der Waals surface area contributed by atoms with Gasteiger partial charge in [-0.2, -0.15) is 0 Å². The number of ether oxygens (including phenoxy) is 2. The fourth-order valence-corrected chi connectivity index (χ4v) is 1.75. The third-order valence-electron chi connectivity index (χ3n) is 2.73. The summed E-state index contributed by atoms with van der Waals surface area (Å²) < 4.78 is 23.3. The largest absolute Gasteiger partial charge is 0.493 e. The van der Waals surface area contributed by atoms with E-state index in [2.05, 4.69) is 5.32 Å². The smallest absolute Gasteiger partial charge is 0.255 e. The highest BCUT2D eigenvalue weighted by molar-refractivity contribution is 6.04. The Hall–Kier alpha value is -2.56. The topological polar surface area (TPSA) is 47.6 Å². The number of rotatable bonds is 4. The summed E-state index contributed by atoms with van der Waals surface area (Å²) in [4.78, 5) is 12.1. The van der Waals surface area contributed by atoms with E-state index >= 15 is 0 Å². The number of methoxy groups -OCH3 is 2. The minimum atomic E-state index is -0.407. The summed E-state index contributed by atoms with van der Waals surface area (Å²) in [5, 5.41) is 2.61. The van der Waals surface area contributed by atoms with Crippen LogP contribution in [0.2, 0.25) is 0 Å². The van der Waals surface area contributed by atoms with Crippen LogP contribution in [0.15, 0.2) is 42.5 Å². The molecule has 0 spiro atoms. The van der Waals surface area contributed by atoms with Crippen LogP contribution in [0, 0.1) is 5.82 Å². The molecule has 0 saturated heterocycles. The minimum Gasteiger partial charge on any atom is -0.493 e. The molecule has 20 heavy (non-hydrogen) atoms. The molecular weight excluding hydrogens is 261 g/mol. The van der Waals surface area contributed by atoms with Gasteiger partial charge >= 0.3 is 0 Å². The summed E-state index contributed by atoms with van der Waals surface area (Å²) in [5.74, 6) is 0.237. The van der Waals surface area contributed by atoms with Crippen LogP contribution < -0.4 is 14.8 Å². The number of amides is 1.